The van der Waals surface area contributed by atoms with Crippen LogP contribution in [0.5, 0.6) is 0 Å². The highest BCUT2D eigenvalue weighted by Gasteiger charge is 2.18. The molecule has 5 rings (SSSR count). The number of carbonyl (C=O) groups excluding carboxylic acids is 1. The third-order valence-electron chi connectivity index (χ3n) is 4.73. The number of amides is 1. The van der Waals surface area contributed by atoms with E-state index in [1.807, 2.05) is 18.2 Å². The van der Waals surface area contributed by atoms with Crippen LogP contribution >= 0.6 is 0 Å². The molecule has 1 saturated heterocycles. The smallest absolute Gasteiger partial charge is 0.259 e. The van der Waals surface area contributed by atoms with Crippen LogP contribution in [0.4, 0.5) is 11.6 Å². The Bertz CT molecular complexity index is 1110. The number of aromatic amines is 2. The van der Waals surface area contributed by atoms with Crippen molar-refractivity contribution in [3.8, 4) is 11.3 Å². The normalized spacial score (nSPS) is 14.5. The number of ether oxygens (including phenoxy) is 1. The molecule has 142 valence electrons. The predicted octanol–water partition coefficient (Wildman–Crippen LogP) is 2.63. The minimum atomic E-state index is -0.253. The van der Waals surface area contributed by atoms with Crippen LogP contribution in [0.15, 0.2) is 47.4 Å². The summed E-state index contributed by atoms with van der Waals surface area (Å²) in [7, 11) is 0. The van der Waals surface area contributed by atoms with Gasteiger partial charge >= 0.3 is 0 Å². The summed E-state index contributed by atoms with van der Waals surface area (Å²) in [6, 6.07) is 7.37. The maximum atomic E-state index is 12.7. The Morgan fingerprint density at radius 2 is 2.11 bits per heavy atom. The van der Waals surface area contributed by atoms with Gasteiger partial charge in [0.15, 0.2) is 0 Å². The lowest BCUT2D eigenvalue weighted by Crippen LogP contribution is -2.36. The van der Waals surface area contributed by atoms with Gasteiger partial charge < -0.3 is 24.4 Å². The lowest BCUT2D eigenvalue weighted by atomic mass is 10.1. The summed E-state index contributed by atoms with van der Waals surface area (Å²) >= 11 is 0. The van der Waals surface area contributed by atoms with E-state index < -0.39 is 0 Å². The lowest BCUT2D eigenvalue weighted by molar-refractivity contribution is 0.102. The minimum Gasteiger partial charge on any atom is -0.472 e. The van der Waals surface area contributed by atoms with E-state index in [1.54, 1.807) is 18.6 Å². The van der Waals surface area contributed by atoms with Gasteiger partial charge in [0.2, 0.25) is 5.95 Å². The first-order valence-electron chi connectivity index (χ1n) is 8.98. The first-order chi connectivity index (χ1) is 13.8. The molecule has 4 aromatic rings. The average Bonchev–Trinajstić information content (AvgIpc) is 3.47. The molecule has 4 heterocycles. The molecule has 9 nitrogen and oxygen atoms in total. The van der Waals surface area contributed by atoms with E-state index >= 15 is 0 Å². The summed E-state index contributed by atoms with van der Waals surface area (Å²) in [4.78, 5) is 22.8. The fourth-order valence-electron chi connectivity index (χ4n) is 3.28. The number of carbonyl (C=O) groups is 1. The number of morpholine rings is 1. The maximum Gasteiger partial charge on any atom is 0.259 e. The van der Waals surface area contributed by atoms with E-state index in [4.69, 9.17) is 9.15 Å². The molecular formula is C19H18N6O3. The zero-order chi connectivity index (χ0) is 18.9. The number of hydrogen-bond donors (Lipinski definition) is 3. The first-order valence-corrected chi connectivity index (χ1v) is 8.98. The number of benzene rings is 1. The minimum absolute atomic E-state index is 0.253. The van der Waals surface area contributed by atoms with Crippen molar-refractivity contribution < 1.29 is 13.9 Å². The molecule has 28 heavy (non-hydrogen) atoms. The molecule has 0 aliphatic carbocycles. The van der Waals surface area contributed by atoms with Gasteiger partial charge in [-0.05, 0) is 24.3 Å². The van der Waals surface area contributed by atoms with Crippen molar-refractivity contribution in [2.24, 2.45) is 0 Å². The molecule has 1 aliphatic heterocycles. The molecule has 0 unspecified atom stereocenters. The standard InChI is InChI=1S/C19H18N6O3/c26-18(14-10-20-24-17(14)12-3-6-28-11-12)21-13-1-2-15-16(9-13)23-19(22-15)25-4-7-27-8-5-25/h1-3,6,9-11H,4-5,7-8H2,(H,20,24)(H,21,26)(H,22,23). The van der Waals surface area contributed by atoms with Crippen molar-refractivity contribution in [1.82, 2.24) is 20.2 Å². The number of H-pyrrole nitrogens is 2. The van der Waals surface area contributed by atoms with E-state index in [9.17, 15) is 4.79 Å². The Labute approximate surface area is 159 Å². The monoisotopic (exact) mass is 378 g/mol. The van der Waals surface area contributed by atoms with Crippen LogP contribution in [-0.4, -0.2) is 52.4 Å². The highest BCUT2D eigenvalue weighted by molar-refractivity contribution is 6.08. The van der Waals surface area contributed by atoms with Crippen LogP contribution in [0.25, 0.3) is 22.3 Å². The molecular weight excluding hydrogens is 360 g/mol. The van der Waals surface area contributed by atoms with E-state index in [2.05, 4.69) is 30.4 Å². The van der Waals surface area contributed by atoms with Crippen molar-refractivity contribution in [3.05, 3.63) is 48.6 Å². The molecule has 0 spiro atoms. The number of furan rings is 1. The zero-order valence-corrected chi connectivity index (χ0v) is 14.9. The molecule has 1 amide bonds. The van der Waals surface area contributed by atoms with E-state index in [-0.39, 0.29) is 5.91 Å². The van der Waals surface area contributed by atoms with Gasteiger partial charge in [-0.1, -0.05) is 0 Å². The fraction of sp³-hybridized carbons (Fsp3) is 0.211. The number of anilines is 2. The van der Waals surface area contributed by atoms with Crippen molar-refractivity contribution >= 4 is 28.6 Å². The van der Waals surface area contributed by atoms with Crippen LogP contribution in [0, 0.1) is 0 Å². The Balaban J connectivity index is 1.38. The van der Waals surface area contributed by atoms with Crippen LogP contribution in [0.2, 0.25) is 0 Å². The van der Waals surface area contributed by atoms with Crippen molar-refractivity contribution in [3.63, 3.8) is 0 Å². The summed E-state index contributed by atoms with van der Waals surface area (Å²) in [5.41, 5.74) is 4.21. The molecule has 1 fully saturated rings. The highest BCUT2D eigenvalue weighted by Crippen LogP contribution is 2.24. The summed E-state index contributed by atoms with van der Waals surface area (Å²) in [5, 5.41) is 9.74. The molecule has 1 aromatic carbocycles. The topological polar surface area (TPSA) is 112 Å². The molecule has 3 N–H and O–H groups in total. The van der Waals surface area contributed by atoms with Gasteiger partial charge in [-0.25, -0.2) is 4.98 Å². The summed E-state index contributed by atoms with van der Waals surface area (Å²) in [6.45, 7) is 3.01. The van der Waals surface area contributed by atoms with Gasteiger partial charge in [-0.3, -0.25) is 9.89 Å². The summed E-state index contributed by atoms with van der Waals surface area (Å²) in [6.07, 6.45) is 4.62. The molecule has 3 aromatic heterocycles. The number of rotatable bonds is 4. The third kappa shape index (κ3) is 3.01. The molecule has 1 aliphatic rings. The Hall–Kier alpha value is -3.59. The summed E-state index contributed by atoms with van der Waals surface area (Å²) in [5.74, 6) is 0.566. The van der Waals surface area contributed by atoms with E-state index in [0.29, 0.717) is 30.2 Å². The third-order valence-corrected chi connectivity index (χ3v) is 4.73. The highest BCUT2D eigenvalue weighted by atomic mass is 16.5. The number of nitrogens with zero attached hydrogens (tertiary/aromatic N) is 3. The van der Waals surface area contributed by atoms with Crippen molar-refractivity contribution in [2.75, 3.05) is 36.5 Å². The number of hydrogen-bond acceptors (Lipinski definition) is 6. The number of imidazole rings is 1. The van der Waals surface area contributed by atoms with Gasteiger partial charge in [-0.2, -0.15) is 5.10 Å². The number of aromatic nitrogens is 4. The van der Waals surface area contributed by atoms with Gasteiger partial charge in [0.1, 0.15) is 0 Å². The van der Waals surface area contributed by atoms with E-state index in [1.165, 1.54) is 6.20 Å². The van der Waals surface area contributed by atoms with Crippen molar-refractivity contribution in [2.45, 2.75) is 0 Å². The molecule has 9 heteroatoms. The fourth-order valence-corrected chi connectivity index (χ4v) is 3.28. The van der Waals surface area contributed by atoms with Crippen LogP contribution in [0.1, 0.15) is 10.4 Å². The Kier molecular flexibility index (Phi) is 4.06. The molecule has 0 saturated carbocycles. The van der Waals surface area contributed by atoms with Crippen LogP contribution in [0.3, 0.4) is 0 Å². The van der Waals surface area contributed by atoms with Gasteiger partial charge in [0, 0.05) is 24.3 Å². The average molecular weight is 378 g/mol. The Morgan fingerprint density at radius 1 is 1.21 bits per heavy atom. The van der Waals surface area contributed by atoms with Gasteiger partial charge in [0.05, 0.1) is 54.2 Å². The lowest BCUT2D eigenvalue weighted by Gasteiger charge is -2.26. The van der Waals surface area contributed by atoms with Gasteiger partial charge in [0.25, 0.3) is 5.91 Å². The predicted molar refractivity (Wildman–Crippen MR) is 103 cm³/mol. The largest absolute Gasteiger partial charge is 0.472 e. The zero-order valence-electron chi connectivity index (χ0n) is 14.9. The number of nitrogens with one attached hydrogen (secondary N) is 3. The second kappa shape index (κ2) is 6.86. The first kappa shape index (κ1) is 16.6. The SMILES string of the molecule is O=C(Nc1ccc2nc(N3CCOCC3)[nH]c2c1)c1cn[nH]c1-c1ccoc1. The molecule has 0 atom stereocenters. The second-order valence-electron chi connectivity index (χ2n) is 6.52. The molecule has 0 bridgehead atoms. The van der Waals surface area contributed by atoms with Crippen LogP contribution in [-0.2, 0) is 4.74 Å². The van der Waals surface area contributed by atoms with E-state index in [0.717, 1.165) is 35.6 Å². The van der Waals surface area contributed by atoms with Gasteiger partial charge in [-0.15, -0.1) is 0 Å². The number of fused-ring (bicyclic) bond motifs is 1. The maximum absolute atomic E-state index is 12.7. The second-order valence-corrected chi connectivity index (χ2v) is 6.52. The van der Waals surface area contributed by atoms with Crippen LogP contribution < -0.4 is 10.2 Å². The Morgan fingerprint density at radius 3 is 2.93 bits per heavy atom. The molecule has 0 radical (unpaired) electrons. The summed E-state index contributed by atoms with van der Waals surface area (Å²) < 4.78 is 10.5. The quantitative estimate of drug-likeness (QED) is 0.503. The van der Waals surface area contributed by atoms with Crippen molar-refractivity contribution in [1.29, 1.82) is 0 Å².